The molecule has 1 saturated heterocycles. The van der Waals surface area contributed by atoms with Crippen LogP contribution < -0.4 is 16.0 Å². The molecule has 9 heteroatoms. The minimum Gasteiger partial charge on any atom is -0.459 e. The van der Waals surface area contributed by atoms with Crippen molar-refractivity contribution in [2.24, 2.45) is 0 Å². The van der Waals surface area contributed by atoms with Crippen molar-refractivity contribution in [3.05, 3.63) is 48.4 Å². The zero-order valence-electron chi connectivity index (χ0n) is 12.9. The maximum absolute atomic E-state index is 13.1. The lowest BCUT2D eigenvalue weighted by Crippen LogP contribution is -2.35. The molecule has 0 spiro atoms. The highest BCUT2D eigenvalue weighted by Gasteiger charge is 2.42. The summed E-state index contributed by atoms with van der Waals surface area (Å²) in [5.74, 6) is -3.59. The second kappa shape index (κ2) is 7.62. The van der Waals surface area contributed by atoms with Crippen molar-refractivity contribution in [3.8, 4) is 0 Å². The van der Waals surface area contributed by atoms with Crippen molar-refractivity contribution in [3.63, 3.8) is 0 Å². The van der Waals surface area contributed by atoms with Crippen LogP contribution in [-0.4, -0.2) is 30.3 Å². The summed E-state index contributed by atoms with van der Waals surface area (Å²) < 4.78 is 31.2. The standard InChI is InChI=1S/C16H15F2N3O3.ClH/c17-16(18)8-12(19-9-16)14(22)20-10-3-5-11(6-4-10)21-15(23)13-2-1-7-24-13;/h1-7,12,19H,8-9H2,(H,20,22)(H,21,23);1H. The van der Waals surface area contributed by atoms with Gasteiger partial charge in [-0.3, -0.25) is 14.9 Å². The van der Waals surface area contributed by atoms with Crippen LogP contribution in [-0.2, 0) is 4.79 Å². The van der Waals surface area contributed by atoms with E-state index in [0.717, 1.165) is 0 Å². The molecular formula is C16H16ClF2N3O3. The second-order valence-corrected chi connectivity index (χ2v) is 5.49. The van der Waals surface area contributed by atoms with Crippen molar-refractivity contribution < 1.29 is 22.8 Å². The molecule has 1 unspecified atom stereocenters. The van der Waals surface area contributed by atoms with E-state index in [-0.39, 0.29) is 18.2 Å². The largest absolute Gasteiger partial charge is 0.459 e. The quantitative estimate of drug-likeness (QED) is 0.771. The monoisotopic (exact) mass is 371 g/mol. The number of anilines is 2. The molecule has 3 rings (SSSR count). The molecule has 2 amide bonds. The highest BCUT2D eigenvalue weighted by atomic mass is 35.5. The van der Waals surface area contributed by atoms with Gasteiger partial charge in [0.2, 0.25) is 5.91 Å². The number of alkyl halides is 2. The number of carbonyl (C=O) groups is 2. The molecule has 1 aliphatic heterocycles. The van der Waals surface area contributed by atoms with Gasteiger partial charge in [0.1, 0.15) is 0 Å². The van der Waals surface area contributed by atoms with Gasteiger partial charge in [-0.1, -0.05) is 0 Å². The zero-order chi connectivity index (χ0) is 17.2. The number of hydrogen-bond acceptors (Lipinski definition) is 4. The Labute approximate surface area is 148 Å². The van der Waals surface area contributed by atoms with E-state index in [1.807, 2.05) is 0 Å². The van der Waals surface area contributed by atoms with E-state index in [1.165, 1.54) is 12.3 Å². The normalized spacial score (nSPS) is 18.2. The molecule has 1 aliphatic rings. The number of hydrogen-bond donors (Lipinski definition) is 3. The number of amides is 2. The Hall–Kier alpha value is -2.45. The van der Waals surface area contributed by atoms with Crippen LogP contribution >= 0.6 is 12.4 Å². The third-order valence-corrected chi connectivity index (χ3v) is 3.58. The van der Waals surface area contributed by atoms with Crippen LogP contribution in [0.1, 0.15) is 17.0 Å². The smallest absolute Gasteiger partial charge is 0.291 e. The summed E-state index contributed by atoms with van der Waals surface area (Å²) in [7, 11) is 0. The zero-order valence-corrected chi connectivity index (χ0v) is 13.7. The molecule has 25 heavy (non-hydrogen) atoms. The molecule has 0 aliphatic carbocycles. The molecule has 0 bridgehead atoms. The van der Waals surface area contributed by atoms with E-state index in [2.05, 4.69) is 16.0 Å². The van der Waals surface area contributed by atoms with Crippen molar-refractivity contribution in [2.45, 2.75) is 18.4 Å². The predicted octanol–water partition coefficient (Wildman–Crippen LogP) is 2.89. The lowest BCUT2D eigenvalue weighted by atomic mass is 10.2. The number of nitrogens with one attached hydrogen (secondary N) is 3. The van der Waals surface area contributed by atoms with Gasteiger partial charge in [-0.2, -0.15) is 0 Å². The fourth-order valence-corrected chi connectivity index (χ4v) is 2.37. The van der Waals surface area contributed by atoms with Gasteiger partial charge >= 0.3 is 0 Å². The minimum atomic E-state index is -2.86. The Morgan fingerprint density at radius 1 is 1.12 bits per heavy atom. The summed E-state index contributed by atoms with van der Waals surface area (Å²) in [6.07, 6.45) is 0.879. The van der Waals surface area contributed by atoms with Crippen molar-refractivity contribution in [1.82, 2.24) is 5.32 Å². The van der Waals surface area contributed by atoms with Crippen LogP contribution in [0, 0.1) is 0 Å². The SMILES string of the molecule is Cl.O=C(Nc1ccc(NC(=O)C2CC(F)(F)CN2)cc1)c1ccco1. The van der Waals surface area contributed by atoms with Crippen LogP contribution in [0.15, 0.2) is 47.1 Å². The fourth-order valence-electron chi connectivity index (χ4n) is 2.37. The third kappa shape index (κ3) is 4.77. The molecule has 1 fully saturated rings. The first-order chi connectivity index (χ1) is 11.4. The summed E-state index contributed by atoms with van der Waals surface area (Å²) in [5.41, 5.74) is 0.966. The van der Waals surface area contributed by atoms with E-state index < -0.39 is 36.7 Å². The van der Waals surface area contributed by atoms with Gasteiger partial charge in [-0.05, 0) is 36.4 Å². The summed E-state index contributed by atoms with van der Waals surface area (Å²) in [6.45, 7) is -0.497. The van der Waals surface area contributed by atoms with E-state index in [1.54, 1.807) is 30.3 Å². The molecule has 3 N–H and O–H groups in total. The topological polar surface area (TPSA) is 83.4 Å². The van der Waals surface area contributed by atoms with E-state index in [4.69, 9.17) is 4.42 Å². The number of furan rings is 1. The van der Waals surface area contributed by atoms with Gasteiger partial charge in [-0.25, -0.2) is 8.78 Å². The number of halogens is 3. The minimum absolute atomic E-state index is 0. The van der Waals surface area contributed by atoms with E-state index >= 15 is 0 Å². The molecule has 2 heterocycles. The van der Waals surface area contributed by atoms with Crippen molar-refractivity contribution in [2.75, 3.05) is 17.2 Å². The summed E-state index contributed by atoms with van der Waals surface area (Å²) >= 11 is 0. The highest BCUT2D eigenvalue weighted by molar-refractivity contribution is 6.02. The lowest BCUT2D eigenvalue weighted by molar-refractivity contribution is -0.118. The van der Waals surface area contributed by atoms with E-state index in [0.29, 0.717) is 11.4 Å². The van der Waals surface area contributed by atoms with Gasteiger partial charge in [-0.15, -0.1) is 12.4 Å². The lowest BCUT2D eigenvalue weighted by Gasteiger charge is -2.11. The Morgan fingerprint density at radius 3 is 2.28 bits per heavy atom. The molecule has 6 nitrogen and oxygen atoms in total. The van der Waals surface area contributed by atoms with Crippen molar-refractivity contribution >= 4 is 35.6 Å². The van der Waals surface area contributed by atoms with Crippen molar-refractivity contribution in [1.29, 1.82) is 0 Å². The number of rotatable bonds is 4. The molecular weight excluding hydrogens is 356 g/mol. The maximum atomic E-state index is 13.1. The summed E-state index contributed by atoms with van der Waals surface area (Å²) in [5, 5.41) is 7.69. The Bertz CT molecular complexity index is 736. The van der Waals surface area contributed by atoms with Crippen LogP contribution in [0.4, 0.5) is 20.2 Å². The molecule has 0 radical (unpaired) electrons. The molecule has 1 aromatic heterocycles. The van der Waals surface area contributed by atoms with Gasteiger partial charge in [0.25, 0.3) is 11.8 Å². The van der Waals surface area contributed by atoms with Gasteiger partial charge in [0.15, 0.2) is 5.76 Å². The Balaban J connectivity index is 0.00000225. The first kappa shape index (κ1) is 18.9. The van der Waals surface area contributed by atoms with Crippen LogP contribution in [0.2, 0.25) is 0 Å². The summed E-state index contributed by atoms with van der Waals surface area (Å²) in [4.78, 5) is 23.8. The second-order valence-electron chi connectivity index (χ2n) is 5.49. The highest BCUT2D eigenvalue weighted by Crippen LogP contribution is 2.26. The van der Waals surface area contributed by atoms with Gasteiger partial charge in [0.05, 0.1) is 18.8 Å². The third-order valence-electron chi connectivity index (χ3n) is 3.58. The summed E-state index contributed by atoms with van der Waals surface area (Å²) in [6, 6.07) is 8.55. The van der Waals surface area contributed by atoms with E-state index in [9.17, 15) is 18.4 Å². The fraction of sp³-hybridized carbons (Fsp3) is 0.250. The van der Waals surface area contributed by atoms with Crippen LogP contribution in [0.3, 0.4) is 0 Å². The molecule has 2 aromatic rings. The maximum Gasteiger partial charge on any atom is 0.291 e. The van der Waals surface area contributed by atoms with Crippen LogP contribution in [0.5, 0.6) is 0 Å². The predicted molar refractivity (Wildman–Crippen MR) is 90.3 cm³/mol. The molecule has 1 atom stereocenters. The first-order valence-electron chi connectivity index (χ1n) is 7.30. The molecule has 134 valence electrons. The average molecular weight is 372 g/mol. The molecule has 0 saturated carbocycles. The number of carbonyl (C=O) groups excluding carboxylic acids is 2. The van der Waals surface area contributed by atoms with Gasteiger partial charge < -0.3 is 15.1 Å². The Morgan fingerprint density at radius 2 is 1.76 bits per heavy atom. The number of benzene rings is 1. The average Bonchev–Trinajstić information content (AvgIpc) is 3.18. The molecule has 1 aromatic carbocycles. The first-order valence-corrected chi connectivity index (χ1v) is 7.30. The van der Waals surface area contributed by atoms with Crippen LogP contribution in [0.25, 0.3) is 0 Å². The Kier molecular flexibility index (Phi) is 5.76. The van der Waals surface area contributed by atoms with Gasteiger partial charge in [0, 0.05) is 17.8 Å².